The minimum Gasteiger partial charge on any atom is -0.497 e. The predicted octanol–water partition coefficient (Wildman–Crippen LogP) is 1.60. The maximum Gasteiger partial charge on any atom is 0.407 e. The van der Waals surface area contributed by atoms with Gasteiger partial charge in [0.15, 0.2) is 5.69 Å². The second-order valence-electron chi connectivity index (χ2n) is 7.63. The molecule has 2 N–H and O–H groups in total. The van der Waals surface area contributed by atoms with Gasteiger partial charge in [0, 0.05) is 20.1 Å². The van der Waals surface area contributed by atoms with E-state index in [1.807, 2.05) is 0 Å². The van der Waals surface area contributed by atoms with Crippen molar-refractivity contribution in [3.05, 3.63) is 41.1 Å². The van der Waals surface area contributed by atoms with Crippen molar-refractivity contribution in [2.24, 2.45) is 0 Å². The number of rotatable bonds is 7. The van der Waals surface area contributed by atoms with Crippen LogP contribution in [0.4, 0.5) is 4.79 Å². The van der Waals surface area contributed by atoms with Gasteiger partial charge in [-0.3, -0.25) is 4.79 Å². The van der Waals surface area contributed by atoms with Gasteiger partial charge in [0.1, 0.15) is 12.0 Å². The first-order chi connectivity index (χ1) is 15.0. The lowest BCUT2D eigenvalue weighted by Gasteiger charge is -2.21. The van der Waals surface area contributed by atoms with Crippen molar-refractivity contribution in [3.8, 4) is 5.75 Å². The second-order valence-corrected chi connectivity index (χ2v) is 9.33. The van der Waals surface area contributed by atoms with Gasteiger partial charge in [0.2, 0.25) is 15.9 Å². The minimum atomic E-state index is -3.86. The third-order valence-corrected chi connectivity index (χ3v) is 7.13. The van der Waals surface area contributed by atoms with E-state index in [1.54, 1.807) is 26.0 Å². The van der Waals surface area contributed by atoms with E-state index in [0.717, 1.165) is 0 Å². The van der Waals surface area contributed by atoms with Crippen molar-refractivity contribution in [3.63, 3.8) is 0 Å². The van der Waals surface area contributed by atoms with Gasteiger partial charge in [-0.1, -0.05) is 0 Å². The summed E-state index contributed by atoms with van der Waals surface area (Å²) < 4.78 is 38.5. The van der Waals surface area contributed by atoms with Crippen LogP contribution in [0.5, 0.6) is 5.75 Å². The summed E-state index contributed by atoms with van der Waals surface area (Å²) in [5.74, 6) is 0.207. The maximum absolute atomic E-state index is 12.8. The van der Waals surface area contributed by atoms with Crippen molar-refractivity contribution in [2.45, 2.75) is 37.8 Å². The van der Waals surface area contributed by atoms with Crippen LogP contribution in [0, 0.1) is 13.8 Å². The molecule has 0 radical (unpaired) electrons. The van der Waals surface area contributed by atoms with Crippen LogP contribution in [-0.2, 0) is 16.6 Å². The molecule has 2 amide bonds. The van der Waals surface area contributed by atoms with E-state index in [0.29, 0.717) is 29.8 Å². The molecule has 0 saturated carbocycles. The fourth-order valence-corrected chi connectivity index (χ4v) is 5.16. The highest BCUT2D eigenvalue weighted by Crippen LogP contribution is 2.25. The van der Waals surface area contributed by atoms with Gasteiger partial charge < -0.3 is 24.1 Å². The van der Waals surface area contributed by atoms with Crippen LogP contribution < -0.4 is 9.46 Å². The molecule has 0 bridgehead atoms. The number of carboxylic acid groups (broad SMARTS) is 1. The number of nitrogens with one attached hydrogen (secondary N) is 1. The van der Waals surface area contributed by atoms with Gasteiger partial charge in [-0.15, -0.1) is 0 Å². The third-order valence-electron chi connectivity index (χ3n) is 5.42. The minimum absolute atomic E-state index is 0.0367. The number of hydrogen-bond acceptors (Lipinski definition) is 7. The molecule has 1 fully saturated rings. The third kappa shape index (κ3) is 4.86. The zero-order chi connectivity index (χ0) is 23.6. The molecular weight excluding hydrogens is 440 g/mol. The van der Waals surface area contributed by atoms with Crippen LogP contribution in [0.3, 0.4) is 0 Å². The van der Waals surface area contributed by atoms with E-state index in [2.05, 4.69) is 9.71 Å². The number of nitrogens with zero attached hydrogens (tertiary/aromatic N) is 3. The molecule has 2 aromatic rings. The van der Waals surface area contributed by atoms with Crippen LogP contribution >= 0.6 is 0 Å². The van der Waals surface area contributed by atoms with E-state index < -0.39 is 22.0 Å². The first-order valence-electron chi connectivity index (χ1n) is 9.87. The quantitative estimate of drug-likeness (QED) is 0.627. The summed E-state index contributed by atoms with van der Waals surface area (Å²) in [5, 5.41) is 9.09. The highest BCUT2D eigenvalue weighted by Gasteiger charge is 2.32. The molecular formula is C20H26N4O7S. The molecule has 1 atom stereocenters. The molecule has 12 heteroatoms. The van der Waals surface area contributed by atoms with E-state index in [1.165, 1.54) is 30.2 Å². The summed E-state index contributed by atoms with van der Waals surface area (Å²) in [6.45, 7) is 3.78. The number of amides is 2. The van der Waals surface area contributed by atoms with Crippen molar-refractivity contribution in [1.82, 2.24) is 19.5 Å². The first kappa shape index (κ1) is 23.5. The van der Waals surface area contributed by atoms with Crippen LogP contribution in [0.25, 0.3) is 0 Å². The van der Waals surface area contributed by atoms with Gasteiger partial charge in [0.05, 0.1) is 24.6 Å². The number of aryl methyl sites for hydroxylation is 2. The number of likely N-dealkylation sites (tertiary alicyclic amines) is 1. The Labute approximate surface area is 186 Å². The number of sulfonamides is 1. The van der Waals surface area contributed by atoms with Crippen LogP contribution in [0.1, 0.15) is 33.9 Å². The second kappa shape index (κ2) is 9.17. The molecule has 32 heavy (non-hydrogen) atoms. The highest BCUT2D eigenvalue weighted by atomic mass is 32.2. The lowest BCUT2D eigenvalue weighted by Crippen LogP contribution is -2.39. The molecule has 2 heterocycles. The Hall–Kier alpha value is -3.12. The number of carbonyl (C=O) groups excluding carboxylic acids is 1. The molecule has 3 rings (SSSR count). The molecule has 1 unspecified atom stereocenters. The van der Waals surface area contributed by atoms with Crippen molar-refractivity contribution < 1.29 is 32.3 Å². The number of oxazole rings is 1. The SMILES string of the molecule is COc1cc(C)c(S(=O)(=O)NCc2nc(C(=O)N3CCC(N(C)C(=O)O)C3)co2)c(C)c1. The highest BCUT2D eigenvalue weighted by molar-refractivity contribution is 7.89. The van der Waals surface area contributed by atoms with Crippen LogP contribution in [0.2, 0.25) is 0 Å². The van der Waals surface area contributed by atoms with Crippen LogP contribution in [-0.4, -0.2) is 73.6 Å². The van der Waals surface area contributed by atoms with Gasteiger partial charge in [-0.05, 0) is 43.5 Å². The zero-order valence-electron chi connectivity index (χ0n) is 18.3. The zero-order valence-corrected chi connectivity index (χ0v) is 19.1. The summed E-state index contributed by atoms with van der Waals surface area (Å²) in [6.07, 6.45) is 0.645. The lowest BCUT2D eigenvalue weighted by molar-refractivity contribution is 0.0770. The topological polar surface area (TPSA) is 142 Å². The molecule has 174 valence electrons. The Morgan fingerprint density at radius 3 is 2.59 bits per heavy atom. The lowest BCUT2D eigenvalue weighted by atomic mass is 10.1. The largest absolute Gasteiger partial charge is 0.497 e. The monoisotopic (exact) mass is 466 g/mol. The number of likely N-dealkylation sites (N-methyl/N-ethyl adjacent to an activating group) is 1. The van der Waals surface area contributed by atoms with Crippen molar-refractivity contribution >= 4 is 22.0 Å². The van der Waals surface area contributed by atoms with E-state index >= 15 is 0 Å². The van der Waals surface area contributed by atoms with E-state index in [4.69, 9.17) is 14.3 Å². The number of ether oxygens (including phenoxy) is 1. The van der Waals surface area contributed by atoms with Gasteiger partial charge in [0.25, 0.3) is 5.91 Å². The van der Waals surface area contributed by atoms with Crippen molar-refractivity contribution in [1.29, 1.82) is 0 Å². The number of benzene rings is 1. The van der Waals surface area contributed by atoms with E-state index in [9.17, 15) is 18.0 Å². The summed E-state index contributed by atoms with van der Waals surface area (Å²) in [4.78, 5) is 30.7. The maximum atomic E-state index is 12.8. The number of carbonyl (C=O) groups is 2. The van der Waals surface area contributed by atoms with Gasteiger partial charge in [-0.25, -0.2) is 22.9 Å². The molecule has 1 aliphatic rings. The summed E-state index contributed by atoms with van der Waals surface area (Å²) in [5.41, 5.74) is 1.11. The standard InChI is InChI=1S/C20H26N4O7S/c1-12-7-15(30-4)8-13(2)18(12)32(28,29)21-9-17-22-16(11-31-17)19(25)24-6-5-14(10-24)23(3)20(26)27/h7-8,11,14,21H,5-6,9-10H2,1-4H3,(H,26,27). The first-order valence-corrected chi connectivity index (χ1v) is 11.4. The molecule has 1 aromatic heterocycles. The molecule has 1 aromatic carbocycles. The summed E-state index contributed by atoms with van der Waals surface area (Å²) in [6, 6.07) is 2.98. The van der Waals surface area contributed by atoms with Crippen LogP contribution in [0.15, 0.2) is 27.7 Å². The molecule has 11 nitrogen and oxygen atoms in total. The Morgan fingerprint density at radius 1 is 1.34 bits per heavy atom. The Kier molecular flexibility index (Phi) is 6.74. The Balaban J connectivity index is 1.66. The summed E-state index contributed by atoms with van der Waals surface area (Å²) >= 11 is 0. The average molecular weight is 467 g/mol. The normalized spacial score (nSPS) is 16.2. The molecule has 0 spiro atoms. The Bertz CT molecular complexity index is 1110. The van der Waals surface area contributed by atoms with Crippen molar-refractivity contribution in [2.75, 3.05) is 27.2 Å². The fourth-order valence-electron chi connectivity index (χ4n) is 3.73. The van der Waals surface area contributed by atoms with Gasteiger partial charge in [-0.2, -0.15) is 0 Å². The Morgan fingerprint density at radius 2 is 2.00 bits per heavy atom. The summed E-state index contributed by atoms with van der Waals surface area (Å²) in [7, 11) is -0.884. The fraction of sp³-hybridized carbons (Fsp3) is 0.450. The number of methoxy groups -OCH3 is 1. The smallest absolute Gasteiger partial charge is 0.407 e. The molecule has 0 aliphatic carbocycles. The average Bonchev–Trinajstić information content (AvgIpc) is 3.40. The molecule has 1 saturated heterocycles. The predicted molar refractivity (Wildman–Crippen MR) is 113 cm³/mol. The van der Waals surface area contributed by atoms with E-state index in [-0.39, 0.29) is 35.6 Å². The number of hydrogen-bond donors (Lipinski definition) is 2. The van der Waals surface area contributed by atoms with Gasteiger partial charge >= 0.3 is 6.09 Å². The number of aromatic nitrogens is 1. The molecule has 1 aliphatic heterocycles.